The van der Waals surface area contributed by atoms with Gasteiger partial charge in [0.05, 0.1) is 5.56 Å². The minimum Gasteiger partial charge on any atom is -0.354 e. The topological polar surface area (TPSA) is 51.1 Å². The lowest BCUT2D eigenvalue weighted by Gasteiger charge is -2.11. The fourth-order valence-electron chi connectivity index (χ4n) is 1.86. The number of carbonyl (C=O) groups excluding carboxylic acids is 1. The van der Waals surface area contributed by atoms with Crippen molar-refractivity contribution in [1.29, 1.82) is 0 Å². The molecule has 0 saturated heterocycles. The molecule has 0 aromatic carbocycles. The summed E-state index contributed by atoms with van der Waals surface area (Å²) >= 11 is 3.30. The summed E-state index contributed by atoms with van der Waals surface area (Å²) in [5.74, 6) is 1.04. The smallest absolute Gasteiger partial charge is 0.354 e. The van der Waals surface area contributed by atoms with Gasteiger partial charge < -0.3 is 9.88 Å². The van der Waals surface area contributed by atoms with Crippen LogP contribution in [0.5, 0.6) is 0 Å². The maximum Gasteiger partial charge on any atom is 0.417 e. The number of hydrogen-bond donors (Lipinski definition) is 1. The maximum absolute atomic E-state index is 12.6. The van der Waals surface area contributed by atoms with E-state index in [9.17, 15) is 22.8 Å². The van der Waals surface area contributed by atoms with E-state index in [1.54, 1.807) is 23.1 Å². The number of hydrogen-bond acceptors (Lipinski definition) is 4. The minimum atomic E-state index is -4.55. The second kappa shape index (κ2) is 8.39. The Bertz CT molecular complexity index is 727. The Morgan fingerprint density at radius 1 is 1.29 bits per heavy atom. The minimum absolute atomic E-state index is 0.391. The Balaban J connectivity index is 1.78. The Morgan fingerprint density at radius 2 is 2.08 bits per heavy atom. The van der Waals surface area contributed by atoms with E-state index in [1.807, 2.05) is 17.5 Å². The normalized spacial score (nSPS) is 11.5. The summed E-state index contributed by atoms with van der Waals surface area (Å²) < 4.78 is 38.6. The van der Waals surface area contributed by atoms with E-state index in [0.717, 1.165) is 16.4 Å². The summed E-state index contributed by atoms with van der Waals surface area (Å²) in [5, 5.41) is 4.59. The Morgan fingerprint density at radius 3 is 2.75 bits per heavy atom. The molecule has 130 valence electrons. The van der Waals surface area contributed by atoms with Gasteiger partial charge in [0.25, 0.3) is 5.56 Å². The van der Waals surface area contributed by atoms with Crippen LogP contribution >= 0.6 is 23.1 Å². The van der Waals surface area contributed by atoms with E-state index >= 15 is 0 Å². The number of thioether (sulfide) groups is 1. The lowest BCUT2D eigenvalue weighted by atomic mass is 10.3. The zero-order valence-electron chi connectivity index (χ0n) is 12.5. The number of alkyl halides is 3. The monoisotopic (exact) mass is 376 g/mol. The number of aromatic nitrogens is 1. The van der Waals surface area contributed by atoms with Gasteiger partial charge in [-0.05, 0) is 17.5 Å². The molecule has 24 heavy (non-hydrogen) atoms. The van der Waals surface area contributed by atoms with E-state index in [-0.39, 0.29) is 0 Å². The molecule has 2 aromatic rings. The highest BCUT2D eigenvalue weighted by molar-refractivity contribution is 7.98. The predicted octanol–water partition coefficient (Wildman–Crippen LogP) is 2.98. The van der Waals surface area contributed by atoms with Gasteiger partial charge in [-0.15, -0.1) is 11.3 Å². The summed E-state index contributed by atoms with van der Waals surface area (Å²) in [7, 11) is 0. The first-order valence-corrected chi connectivity index (χ1v) is 9.04. The third-order valence-corrected chi connectivity index (χ3v) is 5.08. The van der Waals surface area contributed by atoms with Crippen LogP contribution < -0.4 is 10.9 Å². The molecule has 0 unspecified atom stereocenters. The van der Waals surface area contributed by atoms with E-state index in [1.165, 1.54) is 4.88 Å². The number of thiophene rings is 1. The summed E-state index contributed by atoms with van der Waals surface area (Å²) in [6.07, 6.45) is -3.89. The van der Waals surface area contributed by atoms with Crippen molar-refractivity contribution in [2.75, 3.05) is 12.3 Å². The van der Waals surface area contributed by atoms with Gasteiger partial charge in [-0.3, -0.25) is 9.59 Å². The number of amides is 1. The molecule has 2 aromatic heterocycles. The predicted molar refractivity (Wildman–Crippen MR) is 89.2 cm³/mol. The van der Waals surface area contributed by atoms with Gasteiger partial charge >= 0.3 is 6.18 Å². The van der Waals surface area contributed by atoms with Crippen molar-refractivity contribution in [1.82, 2.24) is 9.88 Å². The SMILES string of the molecule is O=C(Cn1cc(C(F)(F)F)ccc1=O)NCCSCc1cccs1. The molecule has 9 heteroatoms. The first kappa shape index (κ1) is 18.6. The van der Waals surface area contributed by atoms with Crippen molar-refractivity contribution in [3.05, 3.63) is 56.6 Å². The van der Waals surface area contributed by atoms with Gasteiger partial charge in [0, 0.05) is 35.2 Å². The Kier molecular flexibility index (Phi) is 6.50. The van der Waals surface area contributed by atoms with Gasteiger partial charge in [0.2, 0.25) is 5.91 Å². The average Bonchev–Trinajstić information content (AvgIpc) is 3.01. The molecule has 0 aliphatic heterocycles. The zero-order valence-corrected chi connectivity index (χ0v) is 14.1. The molecule has 0 spiro atoms. The molecule has 0 aliphatic carbocycles. The number of nitrogens with zero attached hydrogens (tertiary/aromatic N) is 1. The van der Waals surface area contributed by atoms with E-state index in [0.29, 0.717) is 24.6 Å². The summed E-state index contributed by atoms with van der Waals surface area (Å²) in [5.41, 5.74) is -1.60. The Hall–Kier alpha value is -1.74. The number of halogens is 3. The molecule has 0 fully saturated rings. The third kappa shape index (κ3) is 5.72. The van der Waals surface area contributed by atoms with Crippen LogP contribution in [0.25, 0.3) is 0 Å². The van der Waals surface area contributed by atoms with Crippen LogP contribution in [-0.4, -0.2) is 22.8 Å². The number of carbonyl (C=O) groups is 1. The number of nitrogens with one attached hydrogen (secondary N) is 1. The van der Waals surface area contributed by atoms with Crippen molar-refractivity contribution in [3.8, 4) is 0 Å². The number of rotatable bonds is 7. The van der Waals surface area contributed by atoms with E-state index in [4.69, 9.17) is 0 Å². The highest BCUT2D eigenvalue weighted by atomic mass is 32.2. The van der Waals surface area contributed by atoms with Crippen LogP contribution in [0.2, 0.25) is 0 Å². The van der Waals surface area contributed by atoms with Crippen molar-refractivity contribution in [2.24, 2.45) is 0 Å². The lowest BCUT2D eigenvalue weighted by molar-refractivity contribution is -0.138. The summed E-state index contributed by atoms with van der Waals surface area (Å²) in [6, 6.07) is 5.51. The molecular weight excluding hydrogens is 361 g/mol. The van der Waals surface area contributed by atoms with Gasteiger partial charge in [-0.25, -0.2) is 0 Å². The third-order valence-electron chi connectivity index (χ3n) is 3.02. The standard InChI is InChI=1S/C15H15F3N2O2S2/c16-15(17,18)11-3-4-14(22)20(8-11)9-13(21)19-5-7-23-10-12-2-1-6-24-12/h1-4,6,8H,5,7,9-10H2,(H,19,21). The molecule has 0 atom stereocenters. The fourth-order valence-corrected chi connectivity index (χ4v) is 3.56. The average molecular weight is 376 g/mol. The molecule has 2 heterocycles. The van der Waals surface area contributed by atoms with E-state index in [2.05, 4.69) is 5.32 Å². The first-order chi connectivity index (χ1) is 11.4. The molecular formula is C15H15F3N2O2S2. The summed E-state index contributed by atoms with van der Waals surface area (Å²) in [6.45, 7) is -0.0407. The van der Waals surface area contributed by atoms with Crippen molar-refractivity contribution in [2.45, 2.75) is 18.5 Å². The maximum atomic E-state index is 12.6. The molecule has 0 radical (unpaired) electrons. The van der Waals surface area contributed by atoms with Crippen LogP contribution in [0.4, 0.5) is 13.2 Å². The highest BCUT2D eigenvalue weighted by Crippen LogP contribution is 2.27. The fraction of sp³-hybridized carbons (Fsp3) is 0.333. The molecule has 2 rings (SSSR count). The van der Waals surface area contributed by atoms with Crippen LogP contribution in [0.15, 0.2) is 40.6 Å². The second-order valence-corrected chi connectivity index (χ2v) is 7.00. The number of pyridine rings is 1. The van der Waals surface area contributed by atoms with E-state index < -0.39 is 29.8 Å². The van der Waals surface area contributed by atoms with Crippen LogP contribution in [-0.2, 0) is 23.3 Å². The zero-order chi connectivity index (χ0) is 17.6. The van der Waals surface area contributed by atoms with Crippen molar-refractivity contribution >= 4 is 29.0 Å². The van der Waals surface area contributed by atoms with Gasteiger partial charge in [0.1, 0.15) is 6.54 Å². The molecule has 1 N–H and O–H groups in total. The largest absolute Gasteiger partial charge is 0.417 e. The van der Waals surface area contributed by atoms with Crippen LogP contribution in [0, 0.1) is 0 Å². The Labute approximate surface area is 144 Å². The molecule has 4 nitrogen and oxygen atoms in total. The highest BCUT2D eigenvalue weighted by Gasteiger charge is 2.31. The van der Waals surface area contributed by atoms with Gasteiger partial charge in [0.15, 0.2) is 0 Å². The van der Waals surface area contributed by atoms with Crippen LogP contribution in [0.3, 0.4) is 0 Å². The molecule has 0 saturated carbocycles. The lowest BCUT2D eigenvalue weighted by Crippen LogP contribution is -2.33. The molecule has 0 bridgehead atoms. The quantitative estimate of drug-likeness (QED) is 0.756. The van der Waals surface area contributed by atoms with Gasteiger partial charge in [-0.1, -0.05) is 6.07 Å². The van der Waals surface area contributed by atoms with Gasteiger partial charge in [-0.2, -0.15) is 24.9 Å². The first-order valence-electron chi connectivity index (χ1n) is 7.01. The van der Waals surface area contributed by atoms with Crippen molar-refractivity contribution in [3.63, 3.8) is 0 Å². The van der Waals surface area contributed by atoms with Crippen LogP contribution in [0.1, 0.15) is 10.4 Å². The molecule has 1 amide bonds. The van der Waals surface area contributed by atoms with Crippen molar-refractivity contribution < 1.29 is 18.0 Å². The summed E-state index contributed by atoms with van der Waals surface area (Å²) in [4.78, 5) is 24.6. The second-order valence-electron chi connectivity index (χ2n) is 4.86. The molecule has 0 aliphatic rings.